The van der Waals surface area contributed by atoms with Gasteiger partial charge in [0, 0.05) is 18.2 Å². The van der Waals surface area contributed by atoms with Crippen molar-refractivity contribution in [1.29, 1.82) is 0 Å². The van der Waals surface area contributed by atoms with E-state index in [9.17, 15) is 4.79 Å². The van der Waals surface area contributed by atoms with Crippen molar-refractivity contribution < 1.29 is 9.53 Å². The Labute approximate surface area is 144 Å². The number of ether oxygens (including phenoxy) is 1. The predicted molar refractivity (Wildman–Crippen MR) is 98.2 cm³/mol. The maximum absolute atomic E-state index is 12.4. The molecule has 0 saturated carbocycles. The molecule has 0 radical (unpaired) electrons. The van der Waals surface area contributed by atoms with E-state index in [4.69, 9.17) is 4.74 Å². The zero-order valence-corrected chi connectivity index (χ0v) is 14.4. The summed E-state index contributed by atoms with van der Waals surface area (Å²) in [4.78, 5) is 12.4. The standard InChI is InChI=1S/C20H26N2O2/c1-3-21-15-17-9-7-8-12-19(17)22-20(23)16(2)13-14-24-18-10-5-4-6-11-18/h4-12,16,21H,3,13-15H2,1-2H3,(H,22,23). The van der Waals surface area contributed by atoms with E-state index in [2.05, 4.69) is 17.6 Å². The fourth-order valence-corrected chi connectivity index (χ4v) is 2.31. The predicted octanol–water partition coefficient (Wildman–Crippen LogP) is 3.84. The van der Waals surface area contributed by atoms with Crippen molar-refractivity contribution in [2.24, 2.45) is 5.92 Å². The summed E-state index contributed by atoms with van der Waals surface area (Å²) in [5.41, 5.74) is 1.97. The zero-order valence-electron chi connectivity index (χ0n) is 14.4. The minimum atomic E-state index is -0.110. The summed E-state index contributed by atoms with van der Waals surface area (Å²) in [6, 6.07) is 17.6. The maximum atomic E-state index is 12.4. The molecule has 0 spiro atoms. The molecular weight excluding hydrogens is 300 g/mol. The number of hydrogen-bond acceptors (Lipinski definition) is 3. The van der Waals surface area contributed by atoms with Gasteiger partial charge >= 0.3 is 0 Å². The topological polar surface area (TPSA) is 50.4 Å². The molecule has 128 valence electrons. The number of carbonyl (C=O) groups is 1. The van der Waals surface area contributed by atoms with Gasteiger partial charge in [0.25, 0.3) is 0 Å². The summed E-state index contributed by atoms with van der Waals surface area (Å²) in [6.07, 6.45) is 0.677. The van der Waals surface area contributed by atoms with Gasteiger partial charge in [0.2, 0.25) is 5.91 Å². The third-order valence-corrected chi connectivity index (χ3v) is 3.85. The quantitative estimate of drug-likeness (QED) is 0.736. The lowest BCUT2D eigenvalue weighted by atomic mass is 10.1. The van der Waals surface area contributed by atoms with Gasteiger partial charge in [-0.2, -0.15) is 0 Å². The van der Waals surface area contributed by atoms with E-state index in [1.54, 1.807) is 0 Å². The Hall–Kier alpha value is -2.33. The first kappa shape index (κ1) is 18.0. The molecule has 2 aromatic carbocycles. The highest BCUT2D eigenvalue weighted by atomic mass is 16.5. The highest BCUT2D eigenvalue weighted by Crippen LogP contribution is 2.17. The lowest BCUT2D eigenvalue weighted by molar-refractivity contribution is -0.119. The normalized spacial score (nSPS) is 11.8. The van der Waals surface area contributed by atoms with Crippen LogP contribution in [-0.4, -0.2) is 19.1 Å². The van der Waals surface area contributed by atoms with Gasteiger partial charge in [-0.15, -0.1) is 0 Å². The molecule has 1 atom stereocenters. The Balaban J connectivity index is 1.83. The number of para-hydroxylation sites is 2. The number of nitrogens with one attached hydrogen (secondary N) is 2. The second-order valence-electron chi connectivity index (χ2n) is 5.78. The van der Waals surface area contributed by atoms with Gasteiger partial charge in [0.15, 0.2) is 0 Å². The van der Waals surface area contributed by atoms with Crippen molar-refractivity contribution in [2.45, 2.75) is 26.8 Å². The van der Waals surface area contributed by atoms with Crippen LogP contribution >= 0.6 is 0 Å². The molecule has 2 N–H and O–H groups in total. The first-order chi connectivity index (χ1) is 11.7. The third-order valence-electron chi connectivity index (χ3n) is 3.85. The fourth-order valence-electron chi connectivity index (χ4n) is 2.31. The Morgan fingerprint density at radius 3 is 2.54 bits per heavy atom. The highest BCUT2D eigenvalue weighted by Gasteiger charge is 2.14. The molecule has 24 heavy (non-hydrogen) atoms. The molecule has 2 rings (SSSR count). The van der Waals surface area contributed by atoms with E-state index in [0.29, 0.717) is 13.0 Å². The molecule has 0 aromatic heterocycles. The molecule has 1 unspecified atom stereocenters. The van der Waals surface area contributed by atoms with Crippen LogP contribution in [0.25, 0.3) is 0 Å². The molecule has 4 nitrogen and oxygen atoms in total. The van der Waals surface area contributed by atoms with Crippen molar-refractivity contribution in [3.05, 3.63) is 60.2 Å². The number of benzene rings is 2. The van der Waals surface area contributed by atoms with Crippen LogP contribution < -0.4 is 15.4 Å². The van der Waals surface area contributed by atoms with E-state index < -0.39 is 0 Å². The van der Waals surface area contributed by atoms with Crippen LogP contribution in [-0.2, 0) is 11.3 Å². The lowest BCUT2D eigenvalue weighted by Gasteiger charge is -2.15. The van der Waals surface area contributed by atoms with Crippen molar-refractivity contribution >= 4 is 11.6 Å². The van der Waals surface area contributed by atoms with Gasteiger partial charge in [-0.1, -0.05) is 50.2 Å². The van der Waals surface area contributed by atoms with Crippen LogP contribution in [0.3, 0.4) is 0 Å². The van der Waals surface area contributed by atoms with Crippen molar-refractivity contribution in [1.82, 2.24) is 5.32 Å². The molecule has 0 aliphatic rings. The number of amides is 1. The van der Waals surface area contributed by atoms with Crippen LogP contribution in [0.5, 0.6) is 5.75 Å². The van der Waals surface area contributed by atoms with Crippen molar-refractivity contribution in [3.63, 3.8) is 0 Å². The van der Waals surface area contributed by atoms with Crippen LogP contribution in [0.1, 0.15) is 25.8 Å². The number of hydrogen-bond donors (Lipinski definition) is 2. The third kappa shape index (κ3) is 5.70. The van der Waals surface area contributed by atoms with E-state index in [1.807, 2.05) is 61.5 Å². The minimum Gasteiger partial charge on any atom is -0.494 e. The molecule has 0 bridgehead atoms. The first-order valence-corrected chi connectivity index (χ1v) is 8.48. The molecule has 2 aromatic rings. The summed E-state index contributed by atoms with van der Waals surface area (Å²) >= 11 is 0. The Bertz CT molecular complexity index is 629. The fraction of sp³-hybridized carbons (Fsp3) is 0.350. The van der Waals surface area contributed by atoms with Gasteiger partial charge in [-0.25, -0.2) is 0 Å². The average Bonchev–Trinajstić information content (AvgIpc) is 2.61. The van der Waals surface area contributed by atoms with E-state index >= 15 is 0 Å². The van der Waals surface area contributed by atoms with Crippen molar-refractivity contribution in [2.75, 3.05) is 18.5 Å². The molecule has 0 aliphatic heterocycles. The van der Waals surface area contributed by atoms with Gasteiger partial charge < -0.3 is 15.4 Å². The maximum Gasteiger partial charge on any atom is 0.227 e. The molecule has 0 aliphatic carbocycles. The molecule has 1 amide bonds. The first-order valence-electron chi connectivity index (χ1n) is 8.48. The zero-order chi connectivity index (χ0) is 17.2. The van der Waals surface area contributed by atoms with Gasteiger partial charge in [0.05, 0.1) is 6.61 Å². The largest absolute Gasteiger partial charge is 0.494 e. The smallest absolute Gasteiger partial charge is 0.227 e. The molecule has 4 heteroatoms. The number of carbonyl (C=O) groups excluding carboxylic acids is 1. The number of rotatable bonds is 9. The highest BCUT2D eigenvalue weighted by molar-refractivity contribution is 5.93. The summed E-state index contributed by atoms with van der Waals surface area (Å²) in [7, 11) is 0. The lowest BCUT2D eigenvalue weighted by Crippen LogP contribution is -2.23. The number of anilines is 1. The van der Waals surface area contributed by atoms with Gasteiger partial charge in [0.1, 0.15) is 5.75 Å². The minimum absolute atomic E-state index is 0.0237. The van der Waals surface area contributed by atoms with E-state index in [-0.39, 0.29) is 11.8 Å². The SMILES string of the molecule is CCNCc1ccccc1NC(=O)C(C)CCOc1ccccc1. The molecule has 0 fully saturated rings. The van der Waals surface area contributed by atoms with Crippen LogP contribution in [0.2, 0.25) is 0 Å². The second-order valence-corrected chi connectivity index (χ2v) is 5.78. The van der Waals surface area contributed by atoms with Gasteiger partial charge in [-0.05, 0) is 36.7 Å². The van der Waals surface area contributed by atoms with Crippen LogP contribution in [0, 0.1) is 5.92 Å². The van der Waals surface area contributed by atoms with Crippen LogP contribution in [0.15, 0.2) is 54.6 Å². The average molecular weight is 326 g/mol. The Kier molecular flexibility index (Phi) is 7.30. The van der Waals surface area contributed by atoms with E-state index in [1.165, 1.54) is 0 Å². The summed E-state index contributed by atoms with van der Waals surface area (Å²) in [5.74, 6) is 0.748. The van der Waals surface area contributed by atoms with E-state index in [0.717, 1.165) is 30.1 Å². The summed E-state index contributed by atoms with van der Waals surface area (Å²) < 4.78 is 5.66. The van der Waals surface area contributed by atoms with Crippen LogP contribution in [0.4, 0.5) is 5.69 Å². The molecule has 0 saturated heterocycles. The Morgan fingerprint density at radius 1 is 1.08 bits per heavy atom. The summed E-state index contributed by atoms with van der Waals surface area (Å²) in [5, 5.41) is 6.32. The molecule has 0 heterocycles. The monoisotopic (exact) mass is 326 g/mol. The van der Waals surface area contributed by atoms with Gasteiger partial charge in [-0.3, -0.25) is 4.79 Å². The Morgan fingerprint density at radius 2 is 1.79 bits per heavy atom. The molecular formula is C20H26N2O2. The second kappa shape index (κ2) is 9.73. The van der Waals surface area contributed by atoms with Crippen molar-refractivity contribution in [3.8, 4) is 5.75 Å². The summed E-state index contributed by atoms with van der Waals surface area (Å²) in [6.45, 7) is 6.16.